The molecule has 0 unspecified atom stereocenters. The Balaban J connectivity index is 5.71. The smallest absolute Gasteiger partial charge is 0.119 e. The van der Waals surface area contributed by atoms with E-state index in [-0.39, 0.29) is 16.2 Å². The van der Waals surface area contributed by atoms with E-state index in [1.807, 2.05) is 0 Å². The van der Waals surface area contributed by atoms with Gasteiger partial charge >= 0.3 is 7.38 Å². The van der Waals surface area contributed by atoms with Crippen molar-refractivity contribution in [1.82, 2.24) is 0 Å². The summed E-state index contributed by atoms with van der Waals surface area (Å²) in [5.41, 5.74) is 9.31. The summed E-state index contributed by atoms with van der Waals surface area (Å²) in [6.45, 7) is 18.6. The van der Waals surface area contributed by atoms with Crippen molar-refractivity contribution in [2.24, 2.45) is 16.2 Å². The van der Waals surface area contributed by atoms with Gasteiger partial charge in [0.2, 0.25) is 0 Å². The summed E-state index contributed by atoms with van der Waals surface area (Å²) in [4.78, 5) is 0. The van der Waals surface area contributed by atoms with Gasteiger partial charge in [0.25, 0.3) is 0 Å². The predicted molar refractivity (Wildman–Crippen MR) is 93.3 cm³/mol. The summed E-state index contributed by atoms with van der Waals surface area (Å²) in [5.74, 6) is 9.63. The average molecular weight is 307 g/mol. The van der Waals surface area contributed by atoms with Gasteiger partial charge in [-0.15, -0.1) is 28.8 Å². The molecule has 0 saturated heterocycles. The highest BCUT2D eigenvalue weighted by atomic mass is 35.6. The van der Waals surface area contributed by atoms with Gasteiger partial charge in [-0.05, 0) is 62.3 Å². The molecule has 0 atom stereocenters. The average Bonchev–Trinajstić information content (AvgIpc) is 2.18. The largest absolute Gasteiger partial charge is 0.386 e. The topological polar surface area (TPSA) is 0 Å². The van der Waals surface area contributed by atoms with Gasteiger partial charge in [0.1, 0.15) is 0 Å². The molecule has 110 valence electrons. The molecule has 0 aromatic rings. The van der Waals surface area contributed by atoms with Gasteiger partial charge in [-0.1, -0.05) is 16.6 Å². The van der Waals surface area contributed by atoms with E-state index in [1.54, 1.807) is 0 Å². The Hall–Kier alpha value is -0.813. The molecule has 0 amide bonds. The molecule has 2 heteroatoms. The van der Waals surface area contributed by atoms with Crippen LogP contribution >= 0.6 is 11.1 Å². The van der Waals surface area contributed by atoms with Crippen molar-refractivity contribution in [3.8, 4) is 34.4 Å². The molecule has 20 heavy (non-hydrogen) atoms. The molecule has 0 bridgehead atoms. The zero-order valence-electron chi connectivity index (χ0n) is 14.4. The van der Waals surface area contributed by atoms with E-state index in [0.29, 0.717) is 0 Å². The quantitative estimate of drug-likeness (QED) is 0.338. The molecule has 0 aliphatic carbocycles. The normalized spacial score (nSPS) is 12.3. The molecule has 0 saturated carbocycles. The van der Waals surface area contributed by atoms with Gasteiger partial charge in [0.15, 0.2) is 0 Å². The molecule has 0 aromatic heterocycles. The van der Waals surface area contributed by atoms with Crippen LogP contribution < -0.4 is 0 Å². The molecule has 0 nitrogen and oxygen atoms in total. The first-order valence-electron chi connectivity index (χ1n) is 6.94. The monoisotopic (exact) mass is 306 g/mol. The molecule has 0 radical (unpaired) electrons. The van der Waals surface area contributed by atoms with Gasteiger partial charge in [-0.25, -0.2) is 0 Å². The third kappa shape index (κ3) is 11.1. The van der Waals surface area contributed by atoms with E-state index in [4.69, 9.17) is 11.1 Å². The summed E-state index contributed by atoms with van der Waals surface area (Å²) in [6.07, 6.45) is 0. The van der Waals surface area contributed by atoms with Crippen LogP contribution in [0.3, 0.4) is 0 Å². The van der Waals surface area contributed by atoms with E-state index in [9.17, 15) is 0 Å². The summed E-state index contributed by atoms with van der Waals surface area (Å²) < 4.78 is 0. The van der Waals surface area contributed by atoms with E-state index < -0.39 is 7.38 Å². The minimum absolute atomic E-state index is 0.0834. The SMILES string of the molecule is CC(C)(C)C#C[Si](Cl)(C#CC(C)(C)C)C#CC(C)(C)C. The first-order valence-corrected chi connectivity index (χ1v) is 9.95. The Morgan fingerprint density at radius 1 is 0.550 bits per heavy atom. The van der Waals surface area contributed by atoms with Gasteiger partial charge in [0.05, 0.1) is 0 Å². The van der Waals surface area contributed by atoms with Crippen LogP contribution in [0.5, 0.6) is 0 Å². The maximum Gasteiger partial charge on any atom is 0.386 e. The third-order valence-corrected chi connectivity index (χ3v) is 4.09. The van der Waals surface area contributed by atoms with Crippen LogP contribution in [0.15, 0.2) is 0 Å². The van der Waals surface area contributed by atoms with Crippen LogP contribution in [0.2, 0.25) is 0 Å². The zero-order chi connectivity index (χ0) is 16.2. The van der Waals surface area contributed by atoms with Gasteiger partial charge in [-0.2, -0.15) is 0 Å². The Kier molecular flexibility index (Phi) is 6.05. The van der Waals surface area contributed by atoms with Crippen molar-refractivity contribution in [3.63, 3.8) is 0 Å². The maximum absolute atomic E-state index is 6.68. The molecule has 0 aliphatic rings. The lowest BCUT2D eigenvalue weighted by Crippen LogP contribution is -2.24. The van der Waals surface area contributed by atoms with E-state index in [0.717, 1.165) is 0 Å². The lowest BCUT2D eigenvalue weighted by Gasteiger charge is -2.12. The second-order valence-corrected chi connectivity index (χ2v) is 11.9. The van der Waals surface area contributed by atoms with Gasteiger partial charge < -0.3 is 0 Å². The Morgan fingerprint density at radius 3 is 0.900 bits per heavy atom. The fourth-order valence-electron chi connectivity index (χ4n) is 0.915. The standard InChI is InChI=1S/C18H27ClSi/c1-16(2,3)10-13-20(19,14-11-17(4,5)6)15-12-18(7,8)9/h1-9H3. The molecular formula is C18H27ClSi. The number of rotatable bonds is 0. The fraction of sp³-hybridized carbons (Fsp3) is 0.667. The van der Waals surface area contributed by atoms with Gasteiger partial charge in [0, 0.05) is 16.2 Å². The summed E-state index contributed by atoms with van der Waals surface area (Å²) >= 11 is 6.68. The van der Waals surface area contributed by atoms with Crippen molar-refractivity contribution >= 4 is 18.5 Å². The van der Waals surface area contributed by atoms with E-state index in [1.165, 1.54) is 0 Å². The number of halogens is 1. The van der Waals surface area contributed by atoms with Crippen molar-refractivity contribution in [2.75, 3.05) is 0 Å². The highest BCUT2D eigenvalue weighted by Crippen LogP contribution is 2.17. The molecule has 0 fully saturated rings. The maximum atomic E-state index is 6.68. The molecule has 0 spiro atoms. The van der Waals surface area contributed by atoms with Crippen molar-refractivity contribution < 1.29 is 0 Å². The minimum atomic E-state index is -2.69. The second kappa shape index (κ2) is 6.31. The Morgan fingerprint density at radius 2 is 0.750 bits per heavy atom. The molecule has 0 heterocycles. The molecular weight excluding hydrogens is 280 g/mol. The highest BCUT2D eigenvalue weighted by molar-refractivity contribution is 7.33. The Bertz CT molecular complexity index is 438. The molecule has 0 N–H and O–H groups in total. The van der Waals surface area contributed by atoms with Crippen LogP contribution in [0, 0.1) is 50.6 Å². The third-order valence-electron chi connectivity index (χ3n) is 1.83. The van der Waals surface area contributed by atoms with Crippen LogP contribution in [-0.2, 0) is 0 Å². The van der Waals surface area contributed by atoms with Crippen LogP contribution in [0.4, 0.5) is 0 Å². The first-order chi connectivity index (χ1) is 8.62. The molecule has 0 aromatic carbocycles. The van der Waals surface area contributed by atoms with Crippen LogP contribution in [-0.4, -0.2) is 7.38 Å². The predicted octanol–water partition coefficient (Wildman–Crippen LogP) is 4.94. The van der Waals surface area contributed by atoms with Crippen LogP contribution in [0.1, 0.15) is 62.3 Å². The first kappa shape index (κ1) is 19.2. The van der Waals surface area contributed by atoms with E-state index >= 15 is 0 Å². The van der Waals surface area contributed by atoms with Crippen molar-refractivity contribution in [1.29, 1.82) is 0 Å². The molecule has 0 rings (SSSR count). The number of hydrogen-bond donors (Lipinski definition) is 0. The van der Waals surface area contributed by atoms with E-state index in [2.05, 4.69) is 96.7 Å². The molecule has 0 aliphatic heterocycles. The van der Waals surface area contributed by atoms with Crippen molar-refractivity contribution in [3.05, 3.63) is 0 Å². The highest BCUT2D eigenvalue weighted by Gasteiger charge is 2.26. The zero-order valence-corrected chi connectivity index (χ0v) is 16.1. The Labute approximate surface area is 131 Å². The second-order valence-electron chi connectivity index (χ2n) is 8.16. The summed E-state index contributed by atoms with van der Waals surface area (Å²) in [5, 5.41) is 0. The fourth-order valence-corrected chi connectivity index (χ4v) is 3.17. The number of hydrogen-bond acceptors (Lipinski definition) is 0. The minimum Gasteiger partial charge on any atom is -0.119 e. The van der Waals surface area contributed by atoms with Crippen LogP contribution in [0.25, 0.3) is 0 Å². The lowest BCUT2D eigenvalue weighted by molar-refractivity contribution is 0.571. The summed E-state index contributed by atoms with van der Waals surface area (Å²) in [7, 11) is -2.69. The summed E-state index contributed by atoms with van der Waals surface area (Å²) in [6, 6.07) is 0. The van der Waals surface area contributed by atoms with Crippen molar-refractivity contribution in [2.45, 2.75) is 62.3 Å². The lowest BCUT2D eigenvalue weighted by atomic mass is 9.99. The van der Waals surface area contributed by atoms with Gasteiger partial charge in [-0.3, -0.25) is 0 Å².